The zero-order chi connectivity index (χ0) is 14.5. The van der Waals surface area contributed by atoms with Crippen molar-refractivity contribution < 1.29 is 4.74 Å². The van der Waals surface area contributed by atoms with Gasteiger partial charge in [0.1, 0.15) is 12.4 Å². The Kier molecular flexibility index (Phi) is 5.44. The summed E-state index contributed by atoms with van der Waals surface area (Å²) < 4.78 is 5.91. The number of hydrogen-bond donors (Lipinski definition) is 1. The SMILES string of the molecule is C[C@H]1CC[C@H](c2cccc(OC[C@@H](C)N(C)C)c2)NC1. The normalized spacial score (nSPS) is 24.6. The Hall–Kier alpha value is -1.06. The van der Waals surface area contributed by atoms with Crippen LogP contribution in [0.5, 0.6) is 5.75 Å². The Morgan fingerprint density at radius 3 is 2.80 bits per heavy atom. The van der Waals surface area contributed by atoms with Crippen molar-refractivity contribution >= 4 is 0 Å². The largest absolute Gasteiger partial charge is 0.492 e. The number of benzene rings is 1. The van der Waals surface area contributed by atoms with Crippen molar-refractivity contribution in [3.8, 4) is 5.75 Å². The summed E-state index contributed by atoms with van der Waals surface area (Å²) in [6.07, 6.45) is 2.53. The third-order valence-corrected chi connectivity index (χ3v) is 4.29. The van der Waals surface area contributed by atoms with Gasteiger partial charge in [0, 0.05) is 12.1 Å². The molecule has 1 heterocycles. The van der Waals surface area contributed by atoms with Crippen molar-refractivity contribution in [3.63, 3.8) is 0 Å². The molecule has 0 amide bonds. The maximum absolute atomic E-state index is 5.91. The third kappa shape index (κ3) is 4.22. The van der Waals surface area contributed by atoms with Crippen LogP contribution >= 0.6 is 0 Å². The van der Waals surface area contributed by atoms with Crippen LogP contribution in [-0.4, -0.2) is 38.2 Å². The zero-order valence-electron chi connectivity index (χ0n) is 13.2. The molecule has 0 aliphatic carbocycles. The van der Waals surface area contributed by atoms with E-state index < -0.39 is 0 Å². The van der Waals surface area contributed by atoms with E-state index in [1.165, 1.54) is 18.4 Å². The van der Waals surface area contributed by atoms with Crippen molar-refractivity contribution in [2.75, 3.05) is 27.2 Å². The van der Waals surface area contributed by atoms with Crippen molar-refractivity contribution in [1.29, 1.82) is 0 Å². The second kappa shape index (κ2) is 7.09. The van der Waals surface area contributed by atoms with Crippen molar-refractivity contribution in [2.45, 2.75) is 38.8 Å². The molecular formula is C17H28N2O. The number of rotatable bonds is 5. The Morgan fingerprint density at radius 1 is 1.35 bits per heavy atom. The van der Waals surface area contributed by atoms with Crippen LogP contribution in [0.1, 0.15) is 38.3 Å². The van der Waals surface area contributed by atoms with Crippen molar-refractivity contribution in [3.05, 3.63) is 29.8 Å². The molecule has 1 fully saturated rings. The first-order chi connectivity index (χ1) is 9.56. The van der Waals surface area contributed by atoms with Gasteiger partial charge in [0.25, 0.3) is 0 Å². The zero-order valence-corrected chi connectivity index (χ0v) is 13.2. The summed E-state index contributed by atoms with van der Waals surface area (Å²) in [5, 5.41) is 3.63. The maximum Gasteiger partial charge on any atom is 0.119 e. The first-order valence-corrected chi connectivity index (χ1v) is 7.69. The predicted molar refractivity (Wildman–Crippen MR) is 84.2 cm³/mol. The van der Waals surface area contributed by atoms with Gasteiger partial charge in [-0.3, -0.25) is 0 Å². The van der Waals surface area contributed by atoms with Crippen LogP contribution < -0.4 is 10.1 Å². The van der Waals surface area contributed by atoms with Crippen LogP contribution in [0.4, 0.5) is 0 Å². The molecule has 1 aromatic rings. The van der Waals surface area contributed by atoms with Gasteiger partial charge in [-0.15, -0.1) is 0 Å². The van der Waals surface area contributed by atoms with Gasteiger partial charge >= 0.3 is 0 Å². The molecule has 3 atom stereocenters. The van der Waals surface area contributed by atoms with E-state index in [1.54, 1.807) is 0 Å². The lowest BCUT2D eigenvalue weighted by molar-refractivity contribution is 0.198. The molecule has 0 bridgehead atoms. The van der Waals surface area contributed by atoms with Gasteiger partial charge in [0.15, 0.2) is 0 Å². The topological polar surface area (TPSA) is 24.5 Å². The van der Waals surface area contributed by atoms with Gasteiger partial charge < -0.3 is 15.0 Å². The summed E-state index contributed by atoms with van der Waals surface area (Å²) in [6, 6.07) is 9.46. The molecule has 0 radical (unpaired) electrons. The highest BCUT2D eigenvalue weighted by Crippen LogP contribution is 2.27. The monoisotopic (exact) mass is 276 g/mol. The van der Waals surface area contributed by atoms with Gasteiger partial charge in [-0.1, -0.05) is 19.1 Å². The van der Waals surface area contributed by atoms with Gasteiger partial charge in [-0.05, 0) is 64.0 Å². The Bertz CT molecular complexity index is 411. The van der Waals surface area contributed by atoms with Crippen LogP contribution in [0.2, 0.25) is 0 Å². The molecule has 0 spiro atoms. The summed E-state index contributed by atoms with van der Waals surface area (Å²) in [5.41, 5.74) is 1.35. The van der Waals surface area contributed by atoms with E-state index in [9.17, 15) is 0 Å². The predicted octanol–water partition coefficient (Wildman–Crippen LogP) is 3.08. The Morgan fingerprint density at radius 2 is 2.15 bits per heavy atom. The number of likely N-dealkylation sites (N-methyl/N-ethyl adjacent to an activating group) is 1. The Balaban J connectivity index is 1.94. The quantitative estimate of drug-likeness (QED) is 0.894. The second-order valence-electron chi connectivity index (χ2n) is 6.34. The summed E-state index contributed by atoms with van der Waals surface area (Å²) in [5.74, 6) is 1.78. The van der Waals surface area contributed by atoms with Crippen LogP contribution in [0.15, 0.2) is 24.3 Å². The molecular weight excluding hydrogens is 248 g/mol. The minimum atomic E-state index is 0.423. The van der Waals surface area contributed by atoms with Gasteiger partial charge in [0.2, 0.25) is 0 Å². The van der Waals surface area contributed by atoms with Gasteiger partial charge in [0.05, 0.1) is 0 Å². The molecule has 20 heavy (non-hydrogen) atoms. The Labute approximate surface area is 123 Å². The molecule has 0 unspecified atom stereocenters. The van der Waals surface area contributed by atoms with E-state index in [0.29, 0.717) is 12.1 Å². The molecule has 1 aromatic carbocycles. The van der Waals surface area contributed by atoms with Crippen LogP contribution in [0, 0.1) is 5.92 Å². The van der Waals surface area contributed by atoms with E-state index in [4.69, 9.17) is 4.74 Å². The molecule has 112 valence electrons. The van der Waals surface area contributed by atoms with Gasteiger partial charge in [-0.25, -0.2) is 0 Å². The number of nitrogens with zero attached hydrogens (tertiary/aromatic N) is 1. The standard InChI is InChI=1S/C17H28N2O/c1-13-8-9-17(18-11-13)15-6-5-7-16(10-15)20-12-14(2)19(3)4/h5-7,10,13-14,17-18H,8-9,11-12H2,1-4H3/t13-,14+,17+/m0/s1. The minimum absolute atomic E-state index is 0.423. The molecule has 2 rings (SSSR count). The fourth-order valence-electron chi connectivity index (χ4n) is 2.47. The molecule has 0 aromatic heterocycles. The summed E-state index contributed by atoms with van der Waals surface area (Å²) in [7, 11) is 4.16. The van der Waals surface area contributed by atoms with Crippen LogP contribution in [-0.2, 0) is 0 Å². The highest BCUT2D eigenvalue weighted by Gasteiger charge is 2.19. The highest BCUT2D eigenvalue weighted by atomic mass is 16.5. The molecule has 0 saturated carbocycles. The first kappa shape index (κ1) is 15.3. The lowest BCUT2D eigenvalue weighted by Gasteiger charge is -2.28. The fourth-order valence-corrected chi connectivity index (χ4v) is 2.47. The molecule has 3 nitrogen and oxygen atoms in total. The maximum atomic E-state index is 5.91. The molecule has 1 aliphatic heterocycles. The van der Waals surface area contributed by atoms with E-state index in [0.717, 1.165) is 24.8 Å². The minimum Gasteiger partial charge on any atom is -0.492 e. The van der Waals surface area contributed by atoms with E-state index in [-0.39, 0.29) is 0 Å². The van der Waals surface area contributed by atoms with E-state index in [1.807, 2.05) is 0 Å². The number of hydrogen-bond acceptors (Lipinski definition) is 3. The number of nitrogens with one attached hydrogen (secondary N) is 1. The third-order valence-electron chi connectivity index (χ3n) is 4.29. The molecule has 1 N–H and O–H groups in total. The van der Waals surface area contributed by atoms with Crippen molar-refractivity contribution in [1.82, 2.24) is 10.2 Å². The van der Waals surface area contributed by atoms with Crippen LogP contribution in [0.25, 0.3) is 0 Å². The second-order valence-corrected chi connectivity index (χ2v) is 6.34. The van der Waals surface area contributed by atoms with Gasteiger partial charge in [-0.2, -0.15) is 0 Å². The van der Waals surface area contributed by atoms with E-state index >= 15 is 0 Å². The number of piperidine rings is 1. The van der Waals surface area contributed by atoms with Crippen molar-refractivity contribution in [2.24, 2.45) is 5.92 Å². The summed E-state index contributed by atoms with van der Waals surface area (Å²) in [4.78, 5) is 2.17. The fraction of sp³-hybridized carbons (Fsp3) is 0.647. The average Bonchev–Trinajstić information content (AvgIpc) is 2.45. The number of ether oxygens (including phenoxy) is 1. The summed E-state index contributed by atoms with van der Waals surface area (Å²) in [6.45, 7) is 6.33. The lowest BCUT2D eigenvalue weighted by atomic mass is 9.92. The molecule has 1 aliphatic rings. The molecule has 1 saturated heterocycles. The van der Waals surface area contributed by atoms with Crippen LogP contribution in [0.3, 0.4) is 0 Å². The highest BCUT2D eigenvalue weighted by molar-refractivity contribution is 5.30. The first-order valence-electron chi connectivity index (χ1n) is 7.69. The lowest BCUT2D eigenvalue weighted by Crippen LogP contribution is -2.32. The smallest absolute Gasteiger partial charge is 0.119 e. The summed E-state index contributed by atoms with van der Waals surface area (Å²) >= 11 is 0. The average molecular weight is 276 g/mol. The molecule has 3 heteroatoms. The van der Waals surface area contributed by atoms with E-state index in [2.05, 4.69) is 62.4 Å².